The van der Waals surface area contributed by atoms with Gasteiger partial charge in [-0.05, 0) is 6.92 Å². The molecule has 0 unspecified atom stereocenters. The molecule has 15 heavy (non-hydrogen) atoms. The van der Waals surface area contributed by atoms with Crippen LogP contribution in [0.5, 0.6) is 0 Å². The van der Waals surface area contributed by atoms with E-state index in [9.17, 15) is 8.42 Å². The van der Waals surface area contributed by atoms with Crippen LogP contribution in [0.4, 0.5) is 0 Å². The number of rotatable bonds is 5. The van der Waals surface area contributed by atoms with Crippen LogP contribution in [0, 0.1) is 0 Å². The Morgan fingerprint density at radius 1 is 1.60 bits per heavy atom. The molecular formula is C7H14ClN3O3S. The summed E-state index contributed by atoms with van der Waals surface area (Å²) in [5.74, 6) is -0.0150. The fourth-order valence-electron chi connectivity index (χ4n) is 0.494. The first-order chi connectivity index (χ1) is 6.94. The molecule has 0 aromatic carbocycles. The maximum absolute atomic E-state index is 11.3. The lowest BCUT2D eigenvalue weighted by Crippen LogP contribution is -2.23. The normalized spacial score (nSPS) is 13.5. The van der Waals surface area contributed by atoms with Crippen molar-refractivity contribution in [2.45, 2.75) is 6.92 Å². The highest BCUT2D eigenvalue weighted by Crippen LogP contribution is 1.97. The second-order valence-electron chi connectivity index (χ2n) is 2.59. The quantitative estimate of drug-likeness (QED) is 0.336. The maximum Gasteiger partial charge on any atom is 0.323 e. The standard InChI is InChI=1S/C7H14ClN3O3S/c1-4-14-6-5-7(9-8)10-15(12,13)11(2)3/h5-6H,4H2,1-3H3,(H,9,10)/b6-5+. The number of halogens is 1. The molecule has 0 amide bonds. The molecule has 0 spiro atoms. The minimum atomic E-state index is -3.68. The van der Waals surface area contributed by atoms with Crippen molar-refractivity contribution in [3.8, 4) is 0 Å². The Balaban J connectivity index is 4.75. The second kappa shape index (κ2) is 6.65. The summed E-state index contributed by atoms with van der Waals surface area (Å²) < 4.78 is 31.8. The summed E-state index contributed by atoms with van der Waals surface area (Å²) in [6, 6.07) is 0. The van der Waals surface area contributed by atoms with Crippen LogP contribution >= 0.6 is 11.8 Å². The van der Waals surface area contributed by atoms with Crippen molar-refractivity contribution in [1.82, 2.24) is 9.14 Å². The van der Waals surface area contributed by atoms with Crippen LogP contribution in [-0.4, -0.2) is 39.3 Å². The summed E-state index contributed by atoms with van der Waals surface area (Å²) in [4.78, 5) is 2.12. The van der Waals surface area contributed by atoms with Gasteiger partial charge in [0.25, 0.3) is 0 Å². The summed E-state index contributed by atoms with van der Waals surface area (Å²) in [6.07, 6.45) is 2.62. The topological polar surface area (TPSA) is 71.0 Å². The highest BCUT2D eigenvalue weighted by Gasteiger charge is 2.11. The van der Waals surface area contributed by atoms with Crippen molar-refractivity contribution in [2.75, 3.05) is 20.7 Å². The fraction of sp³-hybridized carbons (Fsp3) is 0.571. The molecule has 6 nitrogen and oxygen atoms in total. The van der Waals surface area contributed by atoms with Crippen molar-refractivity contribution >= 4 is 27.8 Å². The van der Waals surface area contributed by atoms with Gasteiger partial charge in [0.05, 0.1) is 12.9 Å². The second-order valence-corrected chi connectivity index (χ2v) is 4.59. The van der Waals surface area contributed by atoms with E-state index in [1.54, 1.807) is 6.92 Å². The van der Waals surface area contributed by atoms with Gasteiger partial charge in [0.1, 0.15) is 0 Å². The number of nitrogens with zero attached hydrogens (tertiary/aromatic N) is 2. The minimum absolute atomic E-state index is 0.0150. The molecule has 8 heteroatoms. The first kappa shape index (κ1) is 14.2. The summed E-state index contributed by atoms with van der Waals surface area (Å²) >= 11 is 5.29. The summed E-state index contributed by atoms with van der Waals surface area (Å²) in [6.45, 7) is 2.28. The molecule has 0 saturated heterocycles. The molecule has 0 aliphatic rings. The Bertz CT molecular complexity index is 337. The lowest BCUT2D eigenvalue weighted by molar-refractivity contribution is 0.269. The van der Waals surface area contributed by atoms with E-state index in [2.05, 4.69) is 9.23 Å². The molecule has 0 bridgehead atoms. The molecule has 0 aliphatic carbocycles. The highest BCUT2D eigenvalue weighted by molar-refractivity contribution is 7.87. The third-order valence-electron chi connectivity index (χ3n) is 1.26. The number of ether oxygens (including phenoxy) is 1. The zero-order valence-electron chi connectivity index (χ0n) is 8.77. The zero-order chi connectivity index (χ0) is 11.9. The van der Waals surface area contributed by atoms with Crippen molar-refractivity contribution < 1.29 is 13.2 Å². The molecule has 0 aliphatic heterocycles. The molecule has 88 valence electrons. The minimum Gasteiger partial charge on any atom is -0.501 e. The lowest BCUT2D eigenvalue weighted by atomic mass is 10.6. The lowest BCUT2D eigenvalue weighted by Gasteiger charge is -2.06. The van der Waals surface area contributed by atoms with Crippen LogP contribution < -0.4 is 4.84 Å². The summed E-state index contributed by atoms with van der Waals surface area (Å²) in [7, 11) is -0.935. The third-order valence-corrected chi connectivity index (χ3v) is 2.80. The van der Waals surface area contributed by atoms with Crippen molar-refractivity contribution in [3.05, 3.63) is 12.3 Å². The van der Waals surface area contributed by atoms with Crippen LogP contribution in [0.3, 0.4) is 0 Å². The van der Waals surface area contributed by atoms with Gasteiger partial charge in [-0.3, -0.25) is 4.84 Å². The van der Waals surface area contributed by atoms with Crippen LogP contribution in [0.2, 0.25) is 0 Å². The van der Waals surface area contributed by atoms with E-state index >= 15 is 0 Å². The van der Waals surface area contributed by atoms with Gasteiger partial charge in [-0.2, -0.15) is 12.7 Å². The highest BCUT2D eigenvalue weighted by atomic mass is 35.5. The average Bonchev–Trinajstić information content (AvgIpc) is 2.16. The number of hydrogen-bond donors (Lipinski definition) is 1. The fourth-order valence-corrected chi connectivity index (χ4v) is 1.17. The van der Waals surface area contributed by atoms with Gasteiger partial charge in [-0.25, -0.2) is 0 Å². The van der Waals surface area contributed by atoms with Gasteiger partial charge >= 0.3 is 10.2 Å². The Labute approximate surface area is 94.9 Å². The molecule has 0 heterocycles. The van der Waals surface area contributed by atoms with Gasteiger partial charge in [-0.15, -0.1) is 4.40 Å². The van der Waals surface area contributed by atoms with E-state index in [1.807, 2.05) is 0 Å². The van der Waals surface area contributed by atoms with E-state index in [0.29, 0.717) is 6.61 Å². The van der Waals surface area contributed by atoms with Crippen molar-refractivity contribution in [1.29, 1.82) is 0 Å². The number of hydrogen-bond acceptors (Lipinski definition) is 3. The van der Waals surface area contributed by atoms with Crippen LogP contribution in [-0.2, 0) is 14.9 Å². The first-order valence-corrected chi connectivity index (χ1v) is 5.88. The average molecular weight is 256 g/mol. The third kappa shape index (κ3) is 5.60. The van der Waals surface area contributed by atoms with E-state index < -0.39 is 10.2 Å². The van der Waals surface area contributed by atoms with E-state index in [1.165, 1.54) is 26.4 Å². The van der Waals surface area contributed by atoms with Gasteiger partial charge < -0.3 is 4.74 Å². The molecule has 0 aromatic rings. The van der Waals surface area contributed by atoms with Crippen molar-refractivity contribution in [3.63, 3.8) is 0 Å². The molecular weight excluding hydrogens is 242 g/mol. The molecule has 0 rings (SSSR count). The van der Waals surface area contributed by atoms with E-state index in [0.717, 1.165) is 4.31 Å². The molecule has 0 aromatic heterocycles. The summed E-state index contributed by atoms with van der Waals surface area (Å²) in [5.41, 5.74) is 0. The number of amidine groups is 1. The Morgan fingerprint density at radius 2 is 2.20 bits per heavy atom. The van der Waals surface area contributed by atoms with Gasteiger partial charge in [0.15, 0.2) is 5.84 Å². The maximum atomic E-state index is 11.3. The smallest absolute Gasteiger partial charge is 0.323 e. The predicted molar refractivity (Wildman–Crippen MR) is 59.8 cm³/mol. The number of nitrogens with one attached hydrogen (secondary N) is 1. The Hall–Kier alpha value is -0.790. The molecule has 1 N–H and O–H groups in total. The molecule has 0 fully saturated rings. The van der Waals surface area contributed by atoms with Gasteiger partial charge in [-0.1, -0.05) is 0 Å². The largest absolute Gasteiger partial charge is 0.501 e. The van der Waals surface area contributed by atoms with Gasteiger partial charge in [0, 0.05) is 31.9 Å². The molecule has 0 radical (unpaired) electrons. The molecule has 0 atom stereocenters. The van der Waals surface area contributed by atoms with Gasteiger partial charge in [0.2, 0.25) is 0 Å². The monoisotopic (exact) mass is 255 g/mol. The Morgan fingerprint density at radius 3 is 2.60 bits per heavy atom. The first-order valence-electron chi connectivity index (χ1n) is 4.11. The summed E-state index contributed by atoms with van der Waals surface area (Å²) in [5, 5.41) is 0. The van der Waals surface area contributed by atoms with E-state index in [4.69, 9.17) is 16.5 Å². The van der Waals surface area contributed by atoms with Crippen LogP contribution in [0.25, 0.3) is 0 Å². The SMILES string of the molecule is CCO/C=C/C(=NS(=O)(=O)N(C)C)NCl. The zero-order valence-corrected chi connectivity index (χ0v) is 10.3. The van der Waals surface area contributed by atoms with Crippen LogP contribution in [0.1, 0.15) is 6.92 Å². The predicted octanol–water partition coefficient (Wildman–Crippen LogP) is 0.485. The Kier molecular flexibility index (Phi) is 6.30. The van der Waals surface area contributed by atoms with Crippen molar-refractivity contribution in [2.24, 2.45) is 4.40 Å². The van der Waals surface area contributed by atoms with E-state index in [-0.39, 0.29) is 5.84 Å². The van der Waals surface area contributed by atoms with Crippen LogP contribution in [0.15, 0.2) is 16.7 Å². The molecule has 0 saturated carbocycles.